The largest absolute Gasteiger partial charge is 0.494 e. The molecule has 0 saturated carbocycles. The molecule has 0 unspecified atom stereocenters. The van der Waals surface area contributed by atoms with Gasteiger partial charge in [0.1, 0.15) is 35.3 Å². The average Bonchev–Trinajstić information content (AvgIpc) is 3.31. The number of carboxylic acid groups (broad SMARTS) is 1. The van der Waals surface area contributed by atoms with E-state index in [0.29, 0.717) is 40.8 Å². The Morgan fingerprint density at radius 2 is 1.95 bits per heavy atom. The van der Waals surface area contributed by atoms with Crippen LogP contribution in [0.2, 0.25) is 5.02 Å². The van der Waals surface area contributed by atoms with E-state index in [2.05, 4.69) is 19.4 Å². The molecule has 2 aromatic carbocycles. The summed E-state index contributed by atoms with van der Waals surface area (Å²) in [4.78, 5) is 25.8. The molecule has 12 heteroatoms. The van der Waals surface area contributed by atoms with Crippen LogP contribution in [0.5, 0.6) is 11.6 Å². The van der Waals surface area contributed by atoms with Gasteiger partial charge in [-0.15, -0.1) is 0 Å². The van der Waals surface area contributed by atoms with Gasteiger partial charge in [0.15, 0.2) is 0 Å². The Balaban J connectivity index is 1.14. The van der Waals surface area contributed by atoms with Crippen molar-refractivity contribution in [2.24, 2.45) is 0 Å². The molecule has 0 radical (unpaired) electrons. The van der Waals surface area contributed by atoms with Crippen LogP contribution in [0.1, 0.15) is 28.2 Å². The number of carbonyl (C=O) groups is 1. The quantitative estimate of drug-likeness (QED) is 0.281. The van der Waals surface area contributed by atoms with Crippen LogP contribution in [0.3, 0.4) is 0 Å². The number of methoxy groups -OCH3 is 1. The van der Waals surface area contributed by atoms with E-state index in [1.165, 1.54) is 19.2 Å². The number of hydrogen-bond donors (Lipinski definition) is 1. The van der Waals surface area contributed by atoms with Crippen LogP contribution in [0.4, 0.5) is 10.2 Å². The minimum atomic E-state index is -1.01. The van der Waals surface area contributed by atoms with Crippen LogP contribution in [0.25, 0.3) is 11.0 Å². The third-order valence-electron chi connectivity index (χ3n) is 7.71. The van der Waals surface area contributed by atoms with Crippen molar-refractivity contribution in [3.8, 4) is 11.6 Å². The smallest absolute Gasteiger partial charge is 0.335 e. The van der Waals surface area contributed by atoms with Crippen LogP contribution < -0.4 is 14.4 Å². The number of halogens is 2. The highest BCUT2D eigenvalue weighted by Crippen LogP contribution is 2.30. The average molecular weight is 596 g/mol. The van der Waals surface area contributed by atoms with Gasteiger partial charge in [-0.05, 0) is 36.8 Å². The second kappa shape index (κ2) is 12.1. The van der Waals surface area contributed by atoms with Gasteiger partial charge in [-0.1, -0.05) is 23.7 Å². The molecule has 0 spiro atoms. The molecule has 1 atom stereocenters. The lowest BCUT2D eigenvalue weighted by molar-refractivity contribution is -0.0592. The number of pyridine rings is 1. The summed E-state index contributed by atoms with van der Waals surface area (Å²) >= 11 is 5.84. The lowest BCUT2D eigenvalue weighted by Gasteiger charge is -2.35. The highest BCUT2D eigenvalue weighted by molar-refractivity contribution is 6.30. The second-order valence-corrected chi connectivity index (χ2v) is 10.8. The van der Waals surface area contributed by atoms with Gasteiger partial charge in [-0.25, -0.2) is 14.2 Å². The van der Waals surface area contributed by atoms with E-state index in [1.54, 1.807) is 24.3 Å². The Labute approximate surface area is 247 Å². The number of benzene rings is 2. The van der Waals surface area contributed by atoms with Crippen LogP contribution in [-0.2, 0) is 24.4 Å². The van der Waals surface area contributed by atoms with Crippen molar-refractivity contribution >= 4 is 34.4 Å². The molecule has 2 aliphatic heterocycles. The van der Waals surface area contributed by atoms with Gasteiger partial charge in [0.2, 0.25) is 5.88 Å². The first-order chi connectivity index (χ1) is 20.4. The molecular formula is C30H31ClFN5O5. The highest BCUT2D eigenvalue weighted by Gasteiger charge is 2.26. The molecule has 42 heavy (non-hydrogen) atoms. The van der Waals surface area contributed by atoms with Crippen LogP contribution in [0, 0.1) is 5.82 Å². The minimum Gasteiger partial charge on any atom is -0.494 e. The molecule has 220 valence electrons. The van der Waals surface area contributed by atoms with Gasteiger partial charge in [0, 0.05) is 49.4 Å². The molecule has 2 saturated heterocycles. The number of carboxylic acids is 1. The molecule has 0 aliphatic carbocycles. The first-order valence-corrected chi connectivity index (χ1v) is 14.2. The molecule has 2 fully saturated rings. The number of fused-ring (bicyclic) bond motifs is 1. The Bertz CT molecular complexity index is 1600. The predicted molar refractivity (Wildman–Crippen MR) is 155 cm³/mol. The number of hydrogen-bond acceptors (Lipinski definition) is 8. The second-order valence-electron chi connectivity index (χ2n) is 10.4. The van der Waals surface area contributed by atoms with Gasteiger partial charge >= 0.3 is 5.97 Å². The fraction of sp³-hybridized carbons (Fsp3) is 0.367. The van der Waals surface area contributed by atoms with Crippen molar-refractivity contribution in [1.29, 1.82) is 0 Å². The summed E-state index contributed by atoms with van der Waals surface area (Å²) < 4.78 is 33.2. The number of ether oxygens (including phenoxy) is 3. The Hall–Kier alpha value is -3.93. The zero-order chi connectivity index (χ0) is 29.2. The lowest BCUT2D eigenvalue weighted by Crippen LogP contribution is -2.46. The summed E-state index contributed by atoms with van der Waals surface area (Å²) in [6, 6.07) is 13.3. The van der Waals surface area contributed by atoms with Gasteiger partial charge < -0.3 is 28.8 Å². The first-order valence-electron chi connectivity index (χ1n) is 13.8. The molecule has 4 aromatic rings. The zero-order valence-corrected chi connectivity index (χ0v) is 23.9. The SMILES string of the molecule is COc1cc(C(=O)O)cc2c1nc(CN1CCN(c3cccc(OCc4ccc(Cl)cc4F)n3)CC1)n2C[C@@H]1CCO1. The summed E-state index contributed by atoms with van der Waals surface area (Å²) in [6.45, 7) is 5.06. The predicted octanol–water partition coefficient (Wildman–Crippen LogP) is 4.62. The van der Waals surface area contributed by atoms with Gasteiger partial charge in [-0.2, -0.15) is 4.98 Å². The molecule has 4 heterocycles. The van der Waals surface area contributed by atoms with E-state index in [4.69, 9.17) is 30.8 Å². The maximum atomic E-state index is 14.1. The van der Waals surface area contributed by atoms with Crippen molar-refractivity contribution in [2.75, 3.05) is 44.8 Å². The molecular weight excluding hydrogens is 565 g/mol. The molecule has 0 amide bonds. The Kier molecular flexibility index (Phi) is 8.14. The number of piperazine rings is 1. The third kappa shape index (κ3) is 5.99. The number of aromatic carboxylic acids is 1. The maximum absolute atomic E-state index is 14.1. The number of anilines is 1. The van der Waals surface area contributed by atoms with Crippen molar-refractivity contribution in [3.05, 3.63) is 76.3 Å². The minimum absolute atomic E-state index is 0.0544. The van der Waals surface area contributed by atoms with E-state index < -0.39 is 11.8 Å². The molecule has 2 aromatic heterocycles. The van der Waals surface area contributed by atoms with Crippen LogP contribution >= 0.6 is 11.6 Å². The zero-order valence-electron chi connectivity index (χ0n) is 23.1. The standard InChI is InChI=1S/C30H31ClFN5O5/c1-40-25-14-20(30(38)39)13-24-29(25)34-27(37(24)16-22-7-12-41-22)17-35-8-10-36(11-9-35)26-3-2-4-28(33-26)42-18-19-5-6-21(31)15-23(19)32/h2-6,13-15,22H,7-12,16-18H2,1H3,(H,38,39)/t22-/m0/s1. The molecule has 2 aliphatic rings. The summed E-state index contributed by atoms with van der Waals surface area (Å²) in [5.41, 5.74) is 1.95. The summed E-state index contributed by atoms with van der Waals surface area (Å²) in [5, 5.41) is 9.99. The van der Waals surface area contributed by atoms with Gasteiger partial charge in [0.05, 0.1) is 37.4 Å². The molecule has 1 N–H and O–H groups in total. The van der Waals surface area contributed by atoms with Crippen LogP contribution in [-0.4, -0.2) is 76.5 Å². The van der Waals surface area contributed by atoms with E-state index in [1.807, 2.05) is 12.1 Å². The van der Waals surface area contributed by atoms with E-state index in [9.17, 15) is 14.3 Å². The van der Waals surface area contributed by atoms with E-state index in [-0.39, 0.29) is 18.3 Å². The molecule has 0 bridgehead atoms. The topological polar surface area (TPSA) is 102 Å². The van der Waals surface area contributed by atoms with Crippen molar-refractivity contribution in [2.45, 2.75) is 32.2 Å². The van der Waals surface area contributed by atoms with Gasteiger partial charge in [0.25, 0.3) is 0 Å². The maximum Gasteiger partial charge on any atom is 0.335 e. The lowest BCUT2D eigenvalue weighted by atomic mass is 10.1. The van der Waals surface area contributed by atoms with Crippen molar-refractivity contribution in [1.82, 2.24) is 19.4 Å². The van der Waals surface area contributed by atoms with E-state index >= 15 is 0 Å². The van der Waals surface area contributed by atoms with Crippen molar-refractivity contribution < 1.29 is 28.5 Å². The van der Waals surface area contributed by atoms with E-state index in [0.717, 1.165) is 56.4 Å². The molecule has 10 nitrogen and oxygen atoms in total. The fourth-order valence-electron chi connectivity index (χ4n) is 5.26. The number of nitrogens with zero attached hydrogens (tertiary/aromatic N) is 5. The normalized spacial score (nSPS) is 17.3. The highest BCUT2D eigenvalue weighted by atomic mass is 35.5. The Morgan fingerprint density at radius 3 is 2.64 bits per heavy atom. The van der Waals surface area contributed by atoms with Crippen molar-refractivity contribution in [3.63, 3.8) is 0 Å². The summed E-state index contributed by atoms with van der Waals surface area (Å²) in [5.74, 6) is 1.08. The first kappa shape index (κ1) is 28.2. The number of aromatic nitrogens is 3. The van der Waals surface area contributed by atoms with Crippen LogP contribution in [0.15, 0.2) is 48.5 Å². The fourth-order valence-corrected chi connectivity index (χ4v) is 5.42. The summed E-state index contributed by atoms with van der Waals surface area (Å²) in [7, 11) is 1.53. The van der Waals surface area contributed by atoms with Gasteiger partial charge in [-0.3, -0.25) is 4.90 Å². The number of rotatable bonds is 10. The molecule has 6 rings (SSSR count). The number of imidazole rings is 1. The monoisotopic (exact) mass is 595 g/mol. The Morgan fingerprint density at radius 1 is 1.14 bits per heavy atom. The summed E-state index contributed by atoms with van der Waals surface area (Å²) in [6.07, 6.45) is 1.03. The third-order valence-corrected chi connectivity index (χ3v) is 7.94.